The van der Waals surface area contributed by atoms with Gasteiger partial charge < -0.3 is 9.80 Å². The van der Waals surface area contributed by atoms with Crippen molar-refractivity contribution in [3.8, 4) is 0 Å². The van der Waals surface area contributed by atoms with Crippen LogP contribution in [0.3, 0.4) is 0 Å². The smallest absolute Gasteiger partial charge is 0.213 e. The Morgan fingerprint density at radius 3 is 2.00 bits per heavy atom. The molecule has 0 heterocycles. The number of allylic oxidation sites excluding steroid dienone is 2. The fraction of sp³-hybridized carbons (Fsp3) is 0.462. The van der Waals surface area contributed by atoms with Crippen LogP contribution in [-0.2, 0) is 4.79 Å². The van der Waals surface area contributed by atoms with Crippen molar-refractivity contribution in [1.29, 1.82) is 0 Å². The van der Waals surface area contributed by atoms with Gasteiger partial charge in [-0.05, 0) is 12.0 Å². The first-order valence-electron chi connectivity index (χ1n) is 5.26. The molecule has 0 spiro atoms. The molecule has 0 bridgehead atoms. The molecule has 16 heavy (non-hydrogen) atoms. The van der Waals surface area contributed by atoms with Crippen molar-refractivity contribution in [2.45, 2.75) is 13.8 Å². The lowest BCUT2D eigenvalue weighted by Gasteiger charge is -2.24. The maximum absolute atomic E-state index is 10.7. The van der Waals surface area contributed by atoms with E-state index in [0.29, 0.717) is 11.6 Å². The minimum atomic E-state index is 0.379. The van der Waals surface area contributed by atoms with E-state index in [2.05, 4.69) is 27.0 Å². The molecule has 0 saturated heterocycles. The summed E-state index contributed by atoms with van der Waals surface area (Å²) in [6, 6.07) is 0. The van der Waals surface area contributed by atoms with Crippen LogP contribution in [0.1, 0.15) is 13.8 Å². The van der Waals surface area contributed by atoms with E-state index in [9.17, 15) is 4.79 Å². The van der Waals surface area contributed by atoms with Gasteiger partial charge in [0.15, 0.2) is 0 Å². The highest BCUT2D eigenvalue weighted by molar-refractivity contribution is 5.53. The second-order valence-corrected chi connectivity index (χ2v) is 4.32. The number of carbonyl (C=O) groups is 1. The van der Waals surface area contributed by atoms with Crippen LogP contribution < -0.4 is 0 Å². The summed E-state index contributed by atoms with van der Waals surface area (Å²) in [4.78, 5) is 14.1. The normalized spacial score (nSPS) is 11.2. The number of hydrogen-bond acceptors (Lipinski definition) is 2. The first-order chi connectivity index (χ1) is 7.31. The van der Waals surface area contributed by atoms with Gasteiger partial charge in [-0.3, -0.25) is 4.79 Å². The molecule has 0 aromatic carbocycles. The van der Waals surface area contributed by atoms with Crippen LogP contribution in [0.15, 0.2) is 36.2 Å². The van der Waals surface area contributed by atoms with Crippen molar-refractivity contribution in [2.75, 3.05) is 21.1 Å². The van der Waals surface area contributed by atoms with Gasteiger partial charge in [-0.25, -0.2) is 0 Å². The maximum atomic E-state index is 10.7. The summed E-state index contributed by atoms with van der Waals surface area (Å²) in [5, 5.41) is 0. The molecule has 0 aliphatic rings. The third-order valence-electron chi connectivity index (χ3n) is 2.43. The summed E-state index contributed by atoms with van der Waals surface area (Å²) in [7, 11) is 5.53. The number of likely N-dealkylation sites (N-methyl/N-ethyl adjacent to an activating group) is 2. The molecule has 1 amide bonds. The largest absolute Gasteiger partial charge is 0.376 e. The molecule has 0 aromatic heterocycles. The van der Waals surface area contributed by atoms with Gasteiger partial charge in [-0.15, -0.1) is 0 Å². The third kappa shape index (κ3) is 3.93. The molecule has 3 heteroatoms. The average Bonchev–Trinajstić information content (AvgIpc) is 2.22. The van der Waals surface area contributed by atoms with Crippen LogP contribution in [0.4, 0.5) is 0 Å². The van der Waals surface area contributed by atoms with E-state index >= 15 is 0 Å². The molecule has 0 atom stereocenters. The SMILES string of the molecule is C=C(/C=C(\C(=C)N(C)C=O)N(C)C)C(C)C. The van der Waals surface area contributed by atoms with Crippen molar-refractivity contribution in [2.24, 2.45) is 5.92 Å². The Morgan fingerprint density at radius 1 is 1.19 bits per heavy atom. The van der Waals surface area contributed by atoms with Gasteiger partial charge in [-0.1, -0.05) is 32.6 Å². The van der Waals surface area contributed by atoms with Crippen LogP contribution in [0.25, 0.3) is 0 Å². The average molecular weight is 222 g/mol. The third-order valence-corrected chi connectivity index (χ3v) is 2.43. The number of rotatable bonds is 6. The van der Waals surface area contributed by atoms with Crippen LogP contribution in [0, 0.1) is 5.92 Å². The molecule has 0 aliphatic carbocycles. The monoisotopic (exact) mass is 222 g/mol. The highest BCUT2D eigenvalue weighted by atomic mass is 16.1. The van der Waals surface area contributed by atoms with E-state index in [1.807, 2.05) is 25.1 Å². The van der Waals surface area contributed by atoms with E-state index in [4.69, 9.17) is 0 Å². The van der Waals surface area contributed by atoms with Gasteiger partial charge in [0.1, 0.15) is 0 Å². The molecule has 0 radical (unpaired) electrons. The molecule has 0 aromatic rings. The van der Waals surface area contributed by atoms with E-state index in [1.54, 1.807) is 7.05 Å². The lowest BCUT2D eigenvalue weighted by Crippen LogP contribution is -2.23. The van der Waals surface area contributed by atoms with Crippen molar-refractivity contribution in [3.05, 3.63) is 36.2 Å². The van der Waals surface area contributed by atoms with Crippen LogP contribution in [-0.4, -0.2) is 37.4 Å². The predicted molar refractivity (Wildman–Crippen MR) is 68.7 cm³/mol. The Kier molecular flexibility index (Phi) is 5.57. The maximum Gasteiger partial charge on any atom is 0.213 e. The molecule has 0 aliphatic heterocycles. The van der Waals surface area contributed by atoms with Crippen LogP contribution in [0.5, 0.6) is 0 Å². The molecular formula is C13H22N2O. The molecule has 0 saturated carbocycles. The Labute approximate surface area is 98.7 Å². The molecule has 0 fully saturated rings. The minimum absolute atomic E-state index is 0.379. The molecule has 0 rings (SSSR count). The Bertz CT molecular complexity index is 314. The zero-order valence-corrected chi connectivity index (χ0v) is 10.9. The van der Waals surface area contributed by atoms with Crippen molar-refractivity contribution in [1.82, 2.24) is 9.80 Å². The van der Waals surface area contributed by atoms with Crippen LogP contribution >= 0.6 is 0 Å². The summed E-state index contributed by atoms with van der Waals surface area (Å²) in [6.45, 7) is 12.1. The summed E-state index contributed by atoms with van der Waals surface area (Å²) in [5.41, 5.74) is 2.58. The molecular weight excluding hydrogens is 200 g/mol. The van der Waals surface area contributed by atoms with Gasteiger partial charge in [0.2, 0.25) is 6.41 Å². The zero-order chi connectivity index (χ0) is 12.9. The van der Waals surface area contributed by atoms with Crippen molar-refractivity contribution in [3.63, 3.8) is 0 Å². The minimum Gasteiger partial charge on any atom is -0.376 e. The first kappa shape index (κ1) is 14.5. The van der Waals surface area contributed by atoms with Crippen molar-refractivity contribution < 1.29 is 4.79 Å². The van der Waals surface area contributed by atoms with Crippen LogP contribution in [0.2, 0.25) is 0 Å². The second kappa shape index (κ2) is 6.16. The Morgan fingerprint density at radius 2 is 1.69 bits per heavy atom. The fourth-order valence-corrected chi connectivity index (χ4v) is 1.06. The fourth-order valence-electron chi connectivity index (χ4n) is 1.06. The van der Waals surface area contributed by atoms with E-state index < -0.39 is 0 Å². The van der Waals surface area contributed by atoms with E-state index in [0.717, 1.165) is 17.7 Å². The summed E-state index contributed by atoms with van der Waals surface area (Å²) >= 11 is 0. The standard InChI is InChI=1S/C13H22N2O/c1-10(2)11(3)8-13(14(5)6)12(4)15(7)9-16/h8-10H,3-4H2,1-2,5-7H3/b13-8+. The highest BCUT2D eigenvalue weighted by Gasteiger charge is 2.10. The van der Waals surface area contributed by atoms with E-state index in [-0.39, 0.29) is 0 Å². The number of carbonyl (C=O) groups excluding carboxylic acids is 1. The Hall–Kier alpha value is -1.51. The summed E-state index contributed by atoms with van der Waals surface area (Å²) in [5.74, 6) is 0.379. The Balaban J connectivity index is 5.09. The van der Waals surface area contributed by atoms with Crippen molar-refractivity contribution >= 4 is 6.41 Å². The summed E-state index contributed by atoms with van der Waals surface area (Å²) in [6.07, 6.45) is 2.71. The molecule has 90 valence electrons. The zero-order valence-electron chi connectivity index (χ0n) is 10.9. The van der Waals surface area contributed by atoms with Gasteiger partial charge in [0, 0.05) is 21.1 Å². The van der Waals surface area contributed by atoms with Gasteiger partial charge in [0.05, 0.1) is 11.4 Å². The molecule has 0 N–H and O–H groups in total. The topological polar surface area (TPSA) is 23.6 Å². The van der Waals surface area contributed by atoms with Gasteiger partial charge in [-0.2, -0.15) is 0 Å². The predicted octanol–water partition coefficient (Wildman–Crippen LogP) is 2.25. The lowest BCUT2D eigenvalue weighted by molar-refractivity contribution is -0.115. The lowest BCUT2D eigenvalue weighted by atomic mass is 10.0. The number of hydrogen-bond donors (Lipinski definition) is 0. The van der Waals surface area contributed by atoms with Gasteiger partial charge in [0.25, 0.3) is 0 Å². The molecule has 0 unspecified atom stereocenters. The first-order valence-corrected chi connectivity index (χ1v) is 5.26. The second-order valence-electron chi connectivity index (χ2n) is 4.32. The number of amides is 1. The summed E-state index contributed by atoms with van der Waals surface area (Å²) < 4.78 is 0. The quantitative estimate of drug-likeness (QED) is 0.508. The van der Waals surface area contributed by atoms with Gasteiger partial charge >= 0.3 is 0 Å². The molecule has 3 nitrogen and oxygen atoms in total. The highest BCUT2D eigenvalue weighted by Crippen LogP contribution is 2.18. The van der Waals surface area contributed by atoms with E-state index in [1.165, 1.54) is 4.90 Å². The number of nitrogens with zero attached hydrogens (tertiary/aromatic N) is 2.